The SMILES string of the molecule is CC(C)C(CCl)NC(=O)C1CCC2CCCCC2C1. The van der Waals surface area contributed by atoms with Crippen molar-refractivity contribution in [1.29, 1.82) is 0 Å². The molecule has 110 valence electrons. The number of carbonyl (C=O) groups is 1. The second-order valence-electron chi connectivity index (χ2n) is 6.83. The minimum absolute atomic E-state index is 0.123. The molecule has 2 aliphatic carbocycles. The maximum Gasteiger partial charge on any atom is 0.223 e. The van der Waals surface area contributed by atoms with Gasteiger partial charge in [0.1, 0.15) is 0 Å². The number of carbonyl (C=O) groups excluding carboxylic acids is 1. The van der Waals surface area contributed by atoms with E-state index in [9.17, 15) is 4.79 Å². The van der Waals surface area contributed by atoms with Crippen molar-refractivity contribution in [2.45, 2.75) is 64.8 Å². The fourth-order valence-electron chi connectivity index (χ4n) is 3.80. The van der Waals surface area contributed by atoms with E-state index in [0.29, 0.717) is 11.8 Å². The molecule has 4 unspecified atom stereocenters. The average Bonchev–Trinajstić information content (AvgIpc) is 2.43. The van der Waals surface area contributed by atoms with Crippen molar-refractivity contribution in [3.05, 3.63) is 0 Å². The zero-order valence-corrected chi connectivity index (χ0v) is 13.1. The first-order valence-electron chi connectivity index (χ1n) is 7.98. The van der Waals surface area contributed by atoms with Crippen LogP contribution in [0.3, 0.4) is 0 Å². The summed E-state index contributed by atoms with van der Waals surface area (Å²) < 4.78 is 0. The van der Waals surface area contributed by atoms with E-state index < -0.39 is 0 Å². The first-order chi connectivity index (χ1) is 9.11. The predicted molar refractivity (Wildman–Crippen MR) is 80.3 cm³/mol. The monoisotopic (exact) mass is 285 g/mol. The van der Waals surface area contributed by atoms with Crippen LogP contribution in [0.5, 0.6) is 0 Å². The van der Waals surface area contributed by atoms with Crippen LogP contribution in [0, 0.1) is 23.7 Å². The second-order valence-corrected chi connectivity index (χ2v) is 7.14. The van der Waals surface area contributed by atoms with Crippen molar-refractivity contribution >= 4 is 17.5 Å². The van der Waals surface area contributed by atoms with Gasteiger partial charge in [-0.05, 0) is 37.0 Å². The van der Waals surface area contributed by atoms with Gasteiger partial charge in [-0.1, -0.05) is 39.5 Å². The molecule has 2 fully saturated rings. The number of halogens is 1. The number of fused-ring (bicyclic) bond motifs is 1. The molecule has 4 atom stereocenters. The van der Waals surface area contributed by atoms with Crippen LogP contribution in [0.4, 0.5) is 0 Å². The van der Waals surface area contributed by atoms with Crippen LogP contribution in [0.2, 0.25) is 0 Å². The standard InChI is InChI=1S/C16H28ClNO/c1-11(2)15(10-17)18-16(19)14-8-7-12-5-3-4-6-13(12)9-14/h11-15H,3-10H2,1-2H3,(H,18,19). The third kappa shape index (κ3) is 3.87. The zero-order valence-electron chi connectivity index (χ0n) is 12.3. The summed E-state index contributed by atoms with van der Waals surface area (Å²) in [6.45, 7) is 4.23. The fraction of sp³-hybridized carbons (Fsp3) is 0.938. The number of hydrogen-bond donors (Lipinski definition) is 1. The maximum absolute atomic E-state index is 12.4. The van der Waals surface area contributed by atoms with Gasteiger partial charge >= 0.3 is 0 Å². The van der Waals surface area contributed by atoms with Crippen LogP contribution in [-0.4, -0.2) is 17.8 Å². The molecule has 19 heavy (non-hydrogen) atoms. The average molecular weight is 286 g/mol. The molecule has 0 radical (unpaired) electrons. The van der Waals surface area contributed by atoms with E-state index in [4.69, 9.17) is 11.6 Å². The van der Waals surface area contributed by atoms with Crippen molar-refractivity contribution in [3.8, 4) is 0 Å². The Hall–Kier alpha value is -0.240. The topological polar surface area (TPSA) is 29.1 Å². The van der Waals surface area contributed by atoms with Crippen molar-refractivity contribution in [3.63, 3.8) is 0 Å². The summed E-state index contributed by atoms with van der Waals surface area (Å²) in [5.41, 5.74) is 0. The van der Waals surface area contributed by atoms with Gasteiger partial charge in [0.05, 0.1) is 0 Å². The quantitative estimate of drug-likeness (QED) is 0.778. The highest BCUT2D eigenvalue weighted by atomic mass is 35.5. The van der Waals surface area contributed by atoms with Crippen LogP contribution in [0.25, 0.3) is 0 Å². The van der Waals surface area contributed by atoms with Gasteiger partial charge in [-0.2, -0.15) is 0 Å². The Balaban J connectivity index is 1.86. The summed E-state index contributed by atoms with van der Waals surface area (Å²) >= 11 is 5.94. The van der Waals surface area contributed by atoms with Gasteiger partial charge in [-0.25, -0.2) is 0 Å². The van der Waals surface area contributed by atoms with Gasteiger partial charge in [0, 0.05) is 17.8 Å². The largest absolute Gasteiger partial charge is 0.352 e. The summed E-state index contributed by atoms with van der Waals surface area (Å²) in [7, 11) is 0. The van der Waals surface area contributed by atoms with Gasteiger partial charge in [-0.3, -0.25) is 4.79 Å². The van der Waals surface area contributed by atoms with Crippen LogP contribution >= 0.6 is 11.6 Å². The number of alkyl halides is 1. The van der Waals surface area contributed by atoms with E-state index in [1.165, 1.54) is 32.1 Å². The van der Waals surface area contributed by atoms with Crippen LogP contribution in [0.1, 0.15) is 58.8 Å². The van der Waals surface area contributed by atoms with Crippen molar-refractivity contribution in [1.82, 2.24) is 5.32 Å². The Morgan fingerprint density at radius 3 is 2.47 bits per heavy atom. The van der Waals surface area contributed by atoms with Gasteiger partial charge < -0.3 is 5.32 Å². The van der Waals surface area contributed by atoms with Crippen LogP contribution < -0.4 is 5.32 Å². The third-order valence-electron chi connectivity index (χ3n) is 5.21. The minimum atomic E-state index is 0.123. The summed E-state index contributed by atoms with van der Waals surface area (Å²) in [5, 5.41) is 3.16. The molecule has 2 nitrogen and oxygen atoms in total. The molecule has 0 spiro atoms. The highest BCUT2D eigenvalue weighted by molar-refractivity contribution is 6.18. The van der Waals surface area contributed by atoms with E-state index in [1.807, 2.05) is 0 Å². The van der Waals surface area contributed by atoms with Gasteiger partial charge in [-0.15, -0.1) is 11.6 Å². The Morgan fingerprint density at radius 1 is 1.16 bits per heavy atom. The highest BCUT2D eigenvalue weighted by Crippen LogP contribution is 2.42. The summed E-state index contributed by atoms with van der Waals surface area (Å²) in [5.74, 6) is 3.14. The highest BCUT2D eigenvalue weighted by Gasteiger charge is 2.35. The predicted octanol–water partition coefficient (Wildman–Crippen LogP) is 3.97. The van der Waals surface area contributed by atoms with Gasteiger partial charge in [0.25, 0.3) is 0 Å². The van der Waals surface area contributed by atoms with E-state index in [0.717, 1.165) is 24.7 Å². The number of amides is 1. The number of rotatable bonds is 4. The molecule has 0 aromatic heterocycles. The fourth-order valence-corrected chi connectivity index (χ4v) is 4.23. The Bertz CT molecular complexity index is 305. The molecule has 0 aliphatic heterocycles. The molecule has 2 saturated carbocycles. The first-order valence-corrected chi connectivity index (χ1v) is 8.51. The van der Waals surface area contributed by atoms with E-state index in [2.05, 4.69) is 19.2 Å². The lowest BCUT2D eigenvalue weighted by Gasteiger charge is -2.39. The van der Waals surface area contributed by atoms with Crippen molar-refractivity contribution in [2.75, 3.05) is 5.88 Å². The van der Waals surface area contributed by atoms with E-state index in [-0.39, 0.29) is 17.9 Å². The summed E-state index contributed by atoms with van der Waals surface area (Å²) in [6, 6.07) is 0.123. The maximum atomic E-state index is 12.4. The van der Waals surface area contributed by atoms with E-state index in [1.54, 1.807) is 0 Å². The number of hydrogen-bond acceptors (Lipinski definition) is 1. The van der Waals surface area contributed by atoms with Crippen molar-refractivity contribution < 1.29 is 4.79 Å². The normalized spacial score (nSPS) is 32.7. The third-order valence-corrected chi connectivity index (χ3v) is 5.54. The molecule has 0 aromatic rings. The molecule has 1 amide bonds. The van der Waals surface area contributed by atoms with Crippen LogP contribution in [-0.2, 0) is 4.79 Å². The molecule has 0 aromatic carbocycles. The molecule has 1 N–H and O–H groups in total. The van der Waals surface area contributed by atoms with Gasteiger partial charge in [0.2, 0.25) is 5.91 Å². The van der Waals surface area contributed by atoms with E-state index >= 15 is 0 Å². The van der Waals surface area contributed by atoms with Crippen LogP contribution in [0.15, 0.2) is 0 Å². The lowest BCUT2D eigenvalue weighted by atomic mass is 9.67. The Labute approximate surface area is 122 Å². The smallest absolute Gasteiger partial charge is 0.223 e. The molecule has 2 aliphatic rings. The molecular formula is C16H28ClNO. The molecule has 0 heterocycles. The lowest BCUT2D eigenvalue weighted by Crippen LogP contribution is -2.45. The van der Waals surface area contributed by atoms with Crippen molar-refractivity contribution in [2.24, 2.45) is 23.7 Å². The lowest BCUT2D eigenvalue weighted by molar-refractivity contribution is -0.128. The molecule has 2 rings (SSSR count). The first kappa shape index (κ1) is 15.2. The minimum Gasteiger partial charge on any atom is -0.352 e. The molecule has 0 bridgehead atoms. The molecule has 0 saturated heterocycles. The second kappa shape index (κ2) is 6.97. The molecular weight excluding hydrogens is 258 g/mol. The van der Waals surface area contributed by atoms with Gasteiger partial charge in [0.15, 0.2) is 0 Å². The summed E-state index contributed by atoms with van der Waals surface area (Å²) in [6.07, 6.45) is 8.97. The zero-order chi connectivity index (χ0) is 13.8. The Kier molecular flexibility index (Phi) is 5.56. The number of nitrogens with one attached hydrogen (secondary N) is 1. The molecule has 3 heteroatoms. The Morgan fingerprint density at radius 2 is 1.84 bits per heavy atom. The summed E-state index contributed by atoms with van der Waals surface area (Å²) in [4.78, 5) is 12.4.